The van der Waals surface area contributed by atoms with E-state index in [0.29, 0.717) is 16.3 Å². The molecule has 0 fully saturated rings. The number of rotatable bonds is 3. The topological polar surface area (TPSA) is 50.1 Å². The number of nitriles is 1. The van der Waals surface area contributed by atoms with Crippen LogP contribution in [0.4, 0.5) is 0 Å². The minimum Gasteiger partial charge on any atom is -0.475 e. The summed E-state index contributed by atoms with van der Waals surface area (Å²) in [6.45, 7) is 3.04. The van der Waals surface area contributed by atoms with Gasteiger partial charge in [0.2, 0.25) is 0 Å². The number of hydrogen-bond acceptors (Lipinski definition) is 3. The maximum absolute atomic E-state index is 11.3. The Bertz CT molecular complexity index is 423. The van der Waals surface area contributed by atoms with Crippen LogP contribution >= 0.6 is 11.6 Å². The maximum atomic E-state index is 11.3. The molecule has 0 radical (unpaired) electrons. The summed E-state index contributed by atoms with van der Waals surface area (Å²) in [5.74, 6) is 0.249. The van der Waals surface area contributed by atoms with E-state index in [1.807, 2.05) is 6.07 Å². The Morgan fingerprint density at radius 2 is 2.27 bits per heavy atom. The smallest absolute Gasteiger partial charge is 0.181 e. The number of ketones is 1. The van der Waals surface area contributed by atoms with Gasteiger partial charge in [0.05, 0.1) is 5.56 Å². The van der Waals surface area contributed by atoms with Crippen LogP contribution in [0, 0.1) is 11.3 Å². The van der Waals surface area contributed by atoms with Gasteiger partial charge in [-0.3, -0.25) is 4.79 Å². The molecule has 15 heavy (non-hydrogen) atoms. The predicted molar refractivity (Wildman–Crippen MR) is 57.2 cm³/mol. The van der Waals surface area contributed by atoms with Crippen LogP contribution in [-0.4, -0.2) is 11.9 Å². The summed E-state index contributed by atoms with van der Waals surface area (Å²) in [4.78, 5) is 11.3. The minimum absolute atomic E-state index is 0.141. The molecule has 0 spiro atoms. The number of hydrogen-bond donors (Lipinski definition) is 0. The summed E-state index contributed by atoms with van der Waals surface area (Å²) in [5.41, 5.74) is 0.393. The largest absolute Gasteiger partial charge is 0.475 e. The van der Waals surface area contributed by atoms with Crippen LogP contribution in [0.15, 0.2) is 18.2 Å². The van der Waals surface area contributed by atoms with Crippen molar-refractivity contribution in [3.05, 3.63) is 28.8 Å². The molecule has 0 aliphatic heterocycles. The first kappa shape index (κ1) is 11.5. The molecule has 0 aromatic heterocycles. The van der Waals surface area contributed by atoms with Crippen LogP contribution in [0.1, 0.15) is 24.2 Å². The summed E-state index contributed by atoms with van der Waals surface area (Å²) in [6.07, 6.45) is -0.593. The highest BCUT2D eigenvalue weighted by atomic mass is 35.5. The van der Waals surface area contributed by atoms with Crippen molar-refractivity contribution in [1.82, 2.24) is 0 Å². The monoisotopic (exact) mass is 223 g/mol. The minimum atomic E-state index is -0.593. The summed E-state index contributed by atoms with van der Waals surface area (Å²) in [7, 11) is 0. The second kappa shape index (κ2) is 4.81. The highest BCUT2D eigenvalue weighted by Gasteiger charge is 2.11. The van der Waals surface area contributed by atoms with Gasteiger partial charge in [-0.25, -0.2) is 0 Å². The van der Waals surface area contributed by atoms with Crippen molar-refractivity contribution in [2.24, 2.45) is 0 Å². The Kier molecular flexibility index (Phi) is 3.70. The second-order valence-corrected chi connectivity index (χ2v) is 3.52. The number of ether oxygens (including phenoxy) is 1. The Balaban J connectivity index is 3.07. The Morgan fingerprint density at radius 3 is 2.80 bits per heavy atom. The van der Waals surface area contributed by atoms with Crippen molar-refractivity contribution in [1.29, 1.82) is 5.26 Å². The third-order valence-corrected chi connectivity index (χ3v) is 2.04. The first-order chi connectivity index (χ1) is 7.04. The van der Waals surface area contributed by atoms with Gasteiger partial charge in [0, 0.05) is 5.02 Å². The van der Waals surface area contributed by atoms with E-state index in [9.17, 15) is 4.79 Å². The fourth-order valence-electron chi connectivity index (χ4n) is 1.10. The molecule has 0 saturated carbocycles. The first-order valence-corrected chi connectivity index (χ1v) is 4.79. The van der Waals surface area contributed by atoms with E-state index in [2.05, 4.69) is 0 Å². The molecule has 1 aromatic carbocycles. The molecule has 0 amide bonds. The molecule has 1 rings (SSSR count). The van der Waals surface area contributed by atoms with E-state index < -0.39 is 6.10 Å². The molecule has 0 bridgehead atoms. The Labute approximate surface area is 93.2 Å². The van der Waals surface area contributed by atoms with Crippen molar-refractivity contribution in [2.45, 2.75) is 20.0 Å². The third kappa shape index (κ3) is 2.97. The standard InChI is InChI=1S/C11H10ClNO2/c1-7(6-13)15-11-4-3-9(12)5-10(11)8(2)14/h3-5,7H,1-2H3. The third-order valence-electron chi connectivity index (χ3n) is 1.81. The Morgan fingerprint density at radius 1 is 1.60 bits per heavy atom. The lowest BCUT2D eigenvalue weighted by Gasteiger charge is -2.11. The quantitative estimate of drug-likeness (QED) is 0.741. The van der Waals surface area contributed by atoms with E-state index in [0.717, 1.165) is 0 Å². The molecule has 0 heterocycles. The van der Waals surface area contributed by atoms with Crippen LogP contribution in [0.25, 0.3) is 0 Å². The summed E-state index contributed by atoms with van der Waals surface area (Å²) in [6, 6.07) is 6.67. The molecule has 0 saturated heterocycles. The number of carbonyl (C=O) groups is 1. The number of halogens is 1. The van der Waals surface area contributed by atoms with E-state index in [-0.39, 0.29) is 5.78 Å². The highest BCUT2D eigenvalue weighted by Crippen LogP contribution is 2.24. The molecule has 3 nitrogen and oxygen atoms in total. The molecule has 78 valence electrons. The van der Waals surface area contributed by atoms with Crippen molar-refractivity contribution >= 4 is 17.4 Å². The van der Waals surface area contributed by atoms with Gasteiger partial charge < -0.3 is 4.74 Å². The lowest BCUT2D eigenvalue weighted by Crippen LogP contribution is -2.10. The number of carbonyl (C=O) groups excluding carboxylic acids is 1. The van der Waals surface area contributed by atoms with Crippen molar-refractivity contribution < 1.29 is 9.53 Å². The van der Waals surface area contributed by atoms with Gasteiger partial charge in [0.1, 0.15) is 11.8 Å². The fraction of sp³-hybridized carbons (Fsp3) is 0.273. The Hall–Kier alpha value is -1.53. The van der Waals surface area contributed by atoms with Gasteiger partial charge in [-0.1, -0.05) is 11.6 Å². The molecule has 1 atom stereocenters. The second-order valence-electron chi connectivity index (χ2n) is 3.09. The van der Waals surface area contributed by atoms with Gasteiger partial charge >= 0.3 is 0 Å². The first-order valence-electron chi connectivity index (χ1n) is 4.41. The van der Waals surface area contributed by atoms with Gasteiger partial charge in [0.15, 0.2) is 11.9 Å². The van der Waals surface area contributed by atoms with Gasteiger partial charge in [-0.2, -0.15) is 5.26 Å². The van der Waals surface area contributed by atoms with Crippen LogP contribution < -0.4 is 4.74 Å². The number of Topliss-reactive ketones (excluding diaryl/α,β-unsaturated/α-hetero) is 1. The maximum Gasteiger partial charge on any atom is 0.181 e. The average molecular weight is 224 g/mol. The van der Waals surface area contributed by atoms with Crippen molar-refractivity contribution in [2.75, 3.05) is 0 Å². The summed E-state index contributed by atoms with van der Waals surface area (Å²) < 4.78 is 5.27. The number of benzene rings is 1. The molecular formula is C11H10ClNO2. The zero-order valence-electron chi connectivity index (χ0n) is 8.45. The molecule has 1 unspecified atom stereocenters. The molecule has 0 aliphatic carbocycles. The predicted octanol–water partition coefficient (Wildman–Crippen LogP) is 2.83. The molecule has 0 N–H and O–H groups in total. The zero-order chi connectivity index (χ0) is 11.4. The van der Waals surface area contributed by atoms with Crippen LogP contribution in [0.5, 0.6) is 5.75 Å². The van der Waals surface area contributed by atoms with Crippen LogP contribution in [0.3, 0.4) is 0 Å². The van der Waals surface area contributed by atoms with Crippen molar-refractivity contribution in [3.8, 4) is 11.8 Å². The molecular weight excluding hydrogens is 214 g/mol. The average Bonchev–Trinajstić information content (AvgIpc) is 2.20. The SMILES string of the molecule is CC(=O)c1cc(Cl)ccc1OC(C)C#N. The fourth-order valence-corrected chi connectivity index (χ4v) is 1.27. The summed E-state index contributed by atoms with van der Waals surface area (Å²) >= 11 is 5.76. The van der Waals surface area contributed by atoms with Gasteiger partial charge in [-0.05, 0) is 32.0 Å². The van der Waals surface area contributed by atoms with Crippen LogP contribution in [-0.2, 0) is 0 Å². The lowest BCUT2D eigenvalue weighted by atomic mass is 10.1. The molecule has 1 aromatic rings. The van der Waals surface area contributed by atoms with E-state index in [1.165, 1.54) is 13.0 Å². The van der Waals surface area contributed by atoms with E-state index >= 15 is 0 Å². The van der Waals surface area contributed by atoms with Crippen molar-refractivity contribution in [3.63, 3.8) is 0 Å². The molecule has 4 heteroatoms. The van der Waals surface area contributed by atoms with E-state index in [1.54, 1.807) is 19.1 Å². The summed E-state index contributed by atoms with van der Waals surface area (Å²) in [5, 5.41) is 9.06. The van der Waals surface area contributed by atoms with E-state index in [4.69, 9.17) is 21.6 Å². The van der Waals surface area contributed by atoms with Gasteiger partial charge in [-0.15, -0.1) is 0 Å². The molecule has 0 aliphatic rings. The van der Waals surface area contributed by atoms with Gasteiger partial charge in [0.25, 0.3) is 0 Å². The zero-order valence-corrected chi connectivity index (χ0v) is 9.21. The lowest BCUT2D eigenvalue weighted by molar-refractivity contribution is 0.101. The number of nitrogens with zero attached hydrogens (tertiary/aromatic N) is 1. The highest BCUT2D eigenvalue weighted by molar-refractivity contribution is 6.31. The normalized spacial score (nSPS) is 11.6. The van der Waals surface area contributed by atoms with Crippen LogP contribution in [0.2, 0.25) is 5.02 Å².